The van der Waals surface area contributed by atoms with E-state index in [4.69, 9.17) is 0 Å². The summed E-state index contributed by atoms with van der Waals surface area (Å²) >= 11 is 0. The topological polar surface area (TPSA) is 17.1 Å². The number of benzene rings is 1. The number of hydrogen-bond acceptors (Lipinski definition) is 1. The molecule has 1 aromatic carbocycles. The Balaban J connectivity index is 3.35. The zero-order chi connectivity index (χ0) is 10.4. The minimum absolute atomic E-state index is 0.794. The average molecular weight is 183 g/mol. The van der Waals surface area contributed by atoms with Crippen LogP contribution in [0.2, 0.25) is 0 Å². The van der Waals surface area contributed by atoms with Crippen LogP contribution in [-0.2, 0) is 4.79 Å². The van der Waals surface area contributed by atoms with Crippen molar-refractivity contribution >= 4 is 31.1 Å². The predicted molar refractivity (Wildman–Crippen MR) is 62.6 cm³/mol. The molecule has 1 rings (SSSR count). The molecule has 0 aliphatic carbocycles. The van der Waals surface area contributed by atoms with Gasteiger partial charge in [0, 0.05) is 0 Å². The molecule has 0 heterocycles. The molecule has 0 aromatic heterocycles. The molecule has 0 saturated carbocycles. The first-order valence-electron chi connectivity index (χ1n) is 4.49. The Labute approximate surface area is 84.7 Å². The Morgan fingerprint density at radius 2 is 2.14 bits per heavy atom. The highest BCUT2D eigenvalue weighted by Gasteiger charge is 1.93. The third-order valence-electron chi connectivity index (χ3n) is 1.98. The van der Waals surface area contributed by atoms with Crippen molar-refractivity contribution < 1.29 is 4.79 Å². The SMILES string of the molecule is C=C/C=c1/cc([B]C=O)cc/c1=C/C. The smallest absolute Gasteiger partial charge is 0.236 e. The van der Waals surface area contributed by atoms with Gasteiger partial charge in [0.15, 0.2) is 0 Å². The Morgan fingerprint density at radius 1 is 1.36 bits per heavy atom. The fraction of sp³-hybridized carbons (Fsp3) is 0.0833. The third kappa shape index (κ3) is 2.46. The van der Waals surface area contributed by atoms with Gasteiger partial charge in [-0.05, 0) is 17.4 Å². The van der Waals surface area contributed by atoms with E-state index < -0.39 is 0 Å². The summed E-state index contributed by atoms with van der Waals surface area (Å²) in [4.78, 5) is 10.3. The van der Waals surface area contributed by atoms with E-state index in [1.165, 1.54) is 0 Å². The van der Waals surface area contributed by atoms with Crippen molar-refractivity contribution in [2.45, 2.75) is 6.92 Å². The van der Waals surface area contributed by atoms with Gasteiger partial charge in [-0.2, -0.15) is 0 Å². The maximum absolute atomic E-state index is 10.3. The molecule has 0 saturated heterocycles. The molecule has 0 amide bonds. The number of rotatable bonds is 3. The molecule has 14 heavy (non-hydrogen) atoms. The maximum Gasteiger partial charge on any atom is 0.236 e. The van der Waals surface area contributed by atoms with Crippen LogP contribution < -0.4 is 15.9 Å². The van der Waals surface area contributed by atoms with Crippen molar-refractivity contribution in [2.24, 2.45) is 0 Å². The van der Waals surface area contributed by atoms with E-state index in [0.29, 0.717) is 0 Å². The van der Waals surface area contributed by atoms with Crippen LogP contribution in [0.25, 0.3) is 12.2 Å². The van der Waals surface area contributed by atoms with Gasteiger partial charge in [0.1, 0.15) is 0 Å². The van der Waals surface area contributed by atoms with E-state index in [9.17, 15) is 4.79 Å². The fourth-order valence-corrected chi connectivity index (χ4v) is 1.31. The number of carbonyl (C=O) groups excluding carboxylic acids is 1. The van der Waals surface area contributed by atoms with Crippen molar-refractivity contribution in [3.8, 4) is 0 Å². The molecule has 1 aromatic rings. The molecule has 69 valence electrons. The Morgan fingerprint density at radius 3 is 2.71 bits per heavy atom. The van der Waals surface area contributed by atoms with Gasteiger partial charge in [-0.1, -0.05) is 48.5 Å². The third-order valence-corrected chi connectivity index (χ3v) is 1.98. The van der Waals surface area contributed by atoms with Gasteiger partial charge in [0.05, 0.1) is 6.19 Å². The summed E-state index contributed by atoms with van der Waals surface area (Å²) in [5.41, 5.74) is 0.915. The molecule has 0 N–H and O–H groups in total. The van der Waals surface area contributed by atoms with Crippen LogP contribution in [0, 0.1) is 0 Å². The highest BCUT2D eigenvalue weighted by molar-refractivity contribution is 6.78. The lowest BCUT2D eigenvalue weighted by atomic mass is 9.72. The standard InChI is InChI=1S/C12H12BO/c1-3-5-11-8-12(13-9-14)7-6-10(11)4-2/h3-9H,1H2,2H3/b10-4-,11-5-. The Bertz CT molecular complexity index is 446. The monoisotopic (exact) mass is 183 g/mol. The van der Waals surface area contributed by atoms with Crippen LogP contribution in [0.4, 0.5) is 0 Å². The molecule has 0 spiro atoms. The summed E-state index contributed by atoms with van der Waals surface area (Å²) < 4.78 is 0. The highest BCUT2D eigenvalue weighted by atomic mass is 16.1. The second-order valence-electron chi connectivity index (χ2n) is 2.88. The molecule has 0 aliphatic rings. The minimum atomic E-state index is 0.794. The summed E-state index contributed by atoms with van der Waals surface area (Å²) in [6.07, 6.45) is 6.49. The lowest BCUT2D eigenvalue weighted by Crippen LogP contribution is -2.31. The van der Waals surface area contributed by atoms with E-state index in [1.807, 2.05) is 37.3 Å². The molecule has 0 unspecified atom stereocenters. The predicted octanol–water partition coefficient (Wildman–Crippen LogP) is -0.0268. The molecular weight excluding hydrogens is 171 g/mol. The molecule has 2 heteroatoms. The van der Waals surface area contributed by atoms with Crippen molar-refractivity contribution in [3.63, 3.8) is 0 Å². The average Bonchev–Trinajstić information content (AvgIpc) is 2.19. The Kier molecular flexibility index (Phi) is 3.93. The second kappa shape index (κ2) is 5.23. The fourth-order valence-electron chi connectivity index (χ4n) is 1.31. The lowest BCUT2D eigenvalue weighted by Gasteiger charge is -1.94. The normalized spacial score (nSPS) is 12.6. The van der Waals surface area contributed by atoms with Crippen molar-refractivity contribution in [2.75, 3.05) is 0 Å². The molecule has 0 fully saturated rings. The van der Waals surface area contributed by atoms with E-state index in [1.54, 1.807) is 13.4 Å². The molecule has 1 radical (unpaired) electrons. The minimum Gasteiger partial charge on any atom is -0.315 e. The molecular formula is C12H12BO. The van der Waals surface area contributed by atoms with Crippen molar-refractivity contribution in [3.05, 3.63) is 41.3 Å². The van der Waals surface area contributed by atoms with Crippen LogP contribution in [0.3, 0.4) is 0 Å². The molecule has 0 atom stereocenters. The second-order valence-corrected chi connectivity index (χ2v) is 2.88. The summed E-state index contributed by atoms with van der Waals surface area (Å²) in [5.74, 6) is 0. The molecule has 0 bridgehead atoms. The summed E-state index contributed by atoms with van der Waals surface area (Å²) in [6, 6.07) is 5.88. The van der Waals surface area contributed by atoms with Crippen LogP contribution in [-0.4, -0.2) is 13.5 Å². The van der Waals surface area contributed by atoms with E-state index in [-0.39, 0.29) is 0 Å². The van der Waals surface area contributed by atoms with Gasteiger partial charge < -0.3 is 4.79 Å². The maximum atomic E-state index is 10.3. The van der Waals surface area contributed by atoms with E-state index >= 15 is 0 Å². The first-order chi connectivity index (χ1) is 6.81. The van der Waals surface area contributed by atoms with Gasteiger partial charge in [-0.3, -0.25) is 0 Å². The Hall–Kier alpha value is -1.57. The van der Waals surface area contributed by atoms with E-state index in [2.05, 4.69) is 6.58 Å². The molecule has 1 nitrogen and oxygen atoms in total. The molecule has 0 aliphatic heterocycles. The summed E-state index contributed by atoms with van der Waals surface area (Å²) in [5, 5.41) is 2.23. The largest absolute Gasteiger partial charge is 0.315 e. The van der Waals surface area contributed by atoms with Gasteiger partial charge in [-0.15, -0.1) is 0 Å². The number of carbonyl (C=O) groups is 1. The van der Waals surface area contributed by atoms with Crippen LogP contribution in [0.15, 0.2) is 30.9 Å². The first-order valence-corrected chi connectivity index (χ1v) is 4.49. The highest BCUT2D eigenvalue weighted by Crippen LogP contribution is 1.72. The van der Waals surface area contributed by atoms with E-state index in [0.717, 1.165) is 22.1 Å². The van der Waals surface area contributed by atoms with Gasteiger partial charge >= 0.3 is 0 Å². The zero-order valence-corrected chi connectivity index (χ0v) is 8.23. The van der Waals surface area contributed by atoms with Gasteiger partial charge in [0.2, 0.25) is 7.28 Å². The zero-order valence-electron chi connectivity index (χ0n) is 8.23. The van der Waals surface area contributed by atoms with Crippen LogP contribution in [0.1, 0.15) is 6.92 Å². The van der Waals surface area contributed by atoms with Crippen molar-refractivity contribution in [1.29, 1.82) is 0 Å². The lowest BCUT2D eigenvalue weighted by molar-refractivity contribution is 0.568. The van der Waals surface area contributed by atoms with Crippen LogP contribution in [0.5, 0.6) is 0 Å². The van der Waals surface area contributed by atoms with Crippen LogP contribution >= 0.6 is 0 Å². The van der Waals surface area contributed by atoms with Crippen molar-refractivity contribution in [1.82, 2.24) is 0 Å². The number of allylic oxidation sites excluding steroid dienone is 1. The number of hydrogen-bond donors (Lipinski definition) is 0. The first kappa shape index (κ1) is 10.5. The van der Waals surface area contributed by atoms with Gasteiger partial charge in [-0.25, -0.2) is 0 Å². The van der Waals surface area contributed by atoms with Gasteiger partial charge in [0.25, 0.3) is 0 Å². The summed E-state index contributed by atoms with van der Waals surface area (Å²) in [6.45, 7) is 5.64. The summed E-state index contributed by atoms with van der Waals surface area (Å²) in [7, 11) is 1.54. The quantitative estimate of drug-likeness (QED) is 0.475.